The normalized spacial score (nSPS) is 11.2. The highest BCUT2D eigenvalue weighted by molar-refractivity contribution is 9.10. The van der Waals surface area contributed by atoms with Crippen LogP contribution in [0.15, 0.2) is 15.9 Å². The summed E-state index contributed by atoms with van der Waals surface area (Å²) in [6, 6.07) is 1.88. The summed E-state index contributed by atoms with van der Waals surface area (Å²) < 4.78 is 0.922. The van der Waals surface area contributed by atoms with Crippen LogP contribution >= 0.6 is 27.3 Å². The molecule has 0 aliphatic rings. The zero-order valence-electron chi connectivity index (χ0n) is 8.91. The van der Waals surface area contributed by atoms with Gasteiger partial charge in [-0.3, -0.25) is 9.59 Å². The van der Waals surface area contributed by atoms with Gasteiger partial charge in [0.2, 0.25) is 5.91 Å². The van der Waals surface area contributed by atoms with E-state index < -0.39 is 17.3 Å². The first-order chi connectivity index (χ1) is 7.35. The van der Waals surface area contributed by atoms with E-state index in [-0.39, 0.29) is 0 Å². The third-order valence-electron chi connectivity index (χ3n) is 2.20. The smallest absolute Gasteiger partial charge is 0.318 e. The van der Waals surface area contributed by atoms with Crippen LogP contribution in [0.3, 0.4) is 0 Å². The summed E-state index contributed by atoms with van der Waals surface area (Å²) >= 11 is 4.84. The molecular formula is C10H12BrNO3S. The van der Waals surface area contributed by atoms with E-state index in [0.29, 0.717) is 6.54 Å². The third kappa shape index (κ3) is 2.82. The standard InChI is InChI=1S/C10H12BrNO3S/c1-10(2,9(14)15)8(13)12-5-7-6(11)3-4-16-7/h3-4H,5H2,1-2H3,(H,12,13)(H,14,15). The van der Waals surface area contributed by atoms with E-state index in [1.807, 2.05) is 11.4 Å². The molecule has 0 saturated heterocycles. The number of hydrogen-bond donors (Lipinski definition) is 2. The fourth-order valence-corrected chi connectivity index (χ4v) is 2.36. The number of carboxylic acid groups (broad SMARTS) is 1. The second kappa shape index (κ2) is 4.97. The van der Waals surface area contributed by atoms with Crippen LogP contribution < -0.4 is 5.32 Å². The lowest BCUT2D eigenvalue weighted by Crippen LogP contribution is -2.41. The molecule has 88 valence electrons. The topological polar surface area (TPSA) is 66.4 Å². The van der Waals surface area contributed by atoms with Crippen molar-refractivity contribution in [3.05, 3.63) is 20.8 Å². The Balaban J connectivity index is 2.60. The molecule has 0 fully saturated rings. The van der Waals surface area contributed by atoms with Crippen LogP contribution in [-0.2, 0) is 16.1 Å². The van der Waals surface area contributed by atoms with Crippen LogP contribution in [0, 0.1) is 5.41 Å². The molecule has 0 aliphatic heterocycles. The van der Waals surface area contributed by atoms with Crippen LogP contribution in [0.4, 0.5) is 0 Å². The van der Waals surface area contributed by atoms with E-state index >= 15 is 0 Å². The Morgan fingerprint density at radius 2 is 2.19 bits per heavy atom. The molecule has 16 heavy (non-hydrogen) atoms. The van der Waals surface area contributed by atoms with Crippen molar-refractivity contribution < 1.29 is 14.7 Å². The third-order valence-corrected chi connectivity index (χ3v) is 4.13. The largest absolute Gasteiger partial charge is 0.480 e. The summed E-state index contributed by atoms with van der Waals surface area (Å²) in [6.07, 6.45) is 0. The van der Waals surface area contributed by atoms with Crippen molar-refractivity contribution in [1.82, 2.24) is 5.32 Å². The van der Waals surface area contributed by atoms with Crippen LogP contribution in [0.1, 0.15) is 18.7 Å². The number of carbonyl (C=O) groups excluding carboxylic acids is 1. The number of aliphatic carboxylic acids is 1. The molecule has 0 saturated carbocycles. The van der Waals surface area contributed by atoms with Gasteiger partial charge in [0.25, 0.3) is 0 Å². The summed E-state index contributed by atoms with van der Waals surface area (Å²) in [5.41, 5.74) is -1.40. The zero-order valence-corrected chi connectivity index (χ0v) is 11.3. The van der Waals surface area contributed by atoms with Gasteiger partial charge in [0.05, 0.1) is 6.54 Å². The highest BCUT2D eigenvalue weighted by atomic mass is 79.9. The number of thiophene rings is 1. The minimum atomic E-state index is -1.40. The maximum atomic E-state index is 11.6. The van der Waals surface area contributed by atoms with Crippen molar-refractivity contribution in [1.29, 1.82) is 0 Å². The molecular weight excluding hydrogens is 294 g/mol. The Hall–Kier alpha value is -0.880. The molecule has 1 aromatic heterocycles. The number of hydrogen-bond acceptors (Lipinski definition) is 3. The molecule has 1 rings (SSSR count). The first-order valence-electron chi connectivity index (χ1n) is 4.59. The number of nitrogens with one attached hydrogen (secondary N) is 1. The number of halogens is 1. The molecule has 0 unspecified atom stereocenters. The monoisotopic (exact) mass is 305 g/mol. The Labute approximate surface area is 106 Å². The van der Waals surface area contributed by atoms with Crippen molar-refractivity contribution >= 4 is 39.1 Å². The van der Waals surface area contributed by atoms with Gasteiger partial charge in [-0.15, -0.1) is 11.3 Å². The number of carboxylic acids is 1. The molecule has 2 N–H and O–H groups in total. The van der Waals surface area contributed by atoms with E-state index in [2.05, 4.69) is 21.2 Å². The van der Waals surface area contributed by atoms with Crippen molar-refractivity contribution in [2.24, 2.45) is 5.41 Å². The molecule has 0 aromatic carbocycles. The summed E-state index contributed by atoms with van der Waals surface area (Å²) in [7, 11) is 0. The SMILES string of the molecule is CC(C)(C(=O)O)C(=O)NCc1sccc1Br. The Morgan fingerprint density at radius 1 is 1.56 bits per heavy atom. The van der Waals surface area contributed by atoms with Gasteiger partial charge in [-0.2, -0.15) is 0 Å². The number of carbonyl (C=O) groups is 2. The molecule has 6 heteroatoms. The van der Waals surface area contributed by atoms with Crippen LogP contribution in [-0.4, -0.2) is 17.0 Å². The van der Waals surface area contributed by atoms with E-state index in [0.717, 1.165) is 9.35 Å². The molecule has 4 nitrogen and oxygen atoms in total. The summed E-state index contributed by atoms with van der Waals surface area (Å²) in [5.74, 6) is -1.62. The van der Waals surface area contributed by atoms with Gasteiger partial charge in [-0.25, -0.2) is 0 Å². The predicted molar refractivity (Wildman–Crippen MR) is 65.3 cm³/mol. The molecule has 0 spiro atoms. The van der Waals surface area contributed by atoms with E-state index in [1.54, 1.807) is 0 Å². The first-order valence-corrected chi connectivity index (χ1v) is 6.26. The summed E-state index contributed by atoms with van der Waals surface area (Å²) in [4.78, 5) is 23.4. The van der Waals surface area contributed by atoms with Crippen LogP contribution in [0.5, 0.6) is 0 Å². The zero-order chi connectivity index (χ0) is 12.3. The highest BCUT2D eigenvalue weighted by Gasteiger charge is 2.35. The second-order valence-electron chi connectivity index (χ2n) is 3.80. The lowest BCUT2D eigenvalue weighted by molar-refractivity contribution is -0.153. The fraction of sp³-hybridized carbons (Fsp3) is 0.400. The van der Waals surface area contributed by atoms with E-state index in [4.69, 9.17) is 5.11 Å². The molecule has 1 aromatic rings. The number of rotatable bonds is 4. The maximum absolute atomic E-state index is 11.6. The quantitative estimate of drug-likeness (QED) is 0.838. The minimum absolute atomic E-state index is 0.341. The molecule has 1 amide bonds. The van der Waals surface area contributed by atoms with E-state index in [1.165, 1.54) is 25.2 Å². The molecule has 1 heterocycles. The predicted octanol–water partition coefficient (Wildman–Crippen LogP) is 2.24. The van der Waals surface area contributed by atoms with Gasteiger partial charge in [-0.1, -0.05) is 0 Å². The van der Waals surface area contributed by atoms with Gasteiger partial charge in [0, 0.05) is 9.35 Å². The van der Waals surface area contributed by atoms with Crippen molar-refractivity contribution in [3.8, 4) is 0 Å². The maximum Gasteiger partial charge on any atom is 0.318 e. The van der Waals surface area contributed by atoms with Gasteiger partial charge in [0.15, 0.2) is 0 Å². The Morgan fingerprint density at radius 3 is 2.62 bits per heavy atom. The molecule has 0 radical (unpaired) electrons. The van der Waals surface area contributed by atoms with Crippen molar-refractivity contribution in [3.63, 3.8) is 0 Å². The average molecular weight is 306 g/mol. The summed E-state index contributed by atoms with van der Waals surface area (Å²) in [5, 5.41) is 13.4. The minimum Gasteiger partial charge on any atom is -0.480 e. The molecule has 0 aliphatic carbocycles. The van der Waals surface area contributed by atoms with Gasteiger partial charge < -0.3 is 10.4 Å². The van der Waals surface area contributed by atoms with E-state index in [9.17, 15) is 9.59 Å². The van der Waals surface area contributed by atoms with Gasteiger partial charge >= 0.3 is 5.97 Å². The van der Waals surface area contributed by atoms with Gasteiger partial charge in [-0.05, 0) is 41.2 Å². The van der Waals surface area contributed by atoms with Crippen molar-refractivity contribution in [2.75, 3.05) is 0 Å². The Kier molecular flexibility index (Phi) is 4.09. The molecule has 0 atom stereocenters. The highest BCUT2D eigenvalue weighted by Crippen LogP contribution is 2.23. The fourth-order valence-electron chi connectivity index (χ4n) is 0.930. The first kappa shape index (κ1) is 13.2. The second-order valence-corrected chi connectivity index (χ2v) is 5.66. The lowest BCUT2D eigenvalue weighted by atomic mass is 9.93. The number of amides is 1. The van der Waals surface area contributed by atoms with Crippen LogP contribution in [0.25, 0.3) is 0 Å². The van der Waals surface area contributed by atoms with Gasteiger partial charge in [0.1, 0.15) is 5.41 Å². The molecule has 0 bridgehead atoms. The lowest BCUT2D eigenvalue weighted by Gasteiger charge is -2.18. The van der Waals surface area contributed by atoms with Crippen molar-refractivity contribution in [2.45, 2.75) is 20.4 Å². The Bertz CT molecular complexity index is 414. The van der Waals surface area contributed by atoms with Crippen LogP contribution in [0.2, 0.25) is 0 Å². The average Bonchev–Trinajstić information content (AvgIpc) is 2.60. The summed E-state index contributed by atoms with van der Waals surface area (Å²) in [6.45, 7) is 3.11.